The predicted octanol–water partition coefficient (Wildman–Crippen LogP) is 3.45. The molecule has 0 unspecified atom stereocenters. The summed E-state index contributed by atoms with van der Waals surface area (Å²) in [6, 6.07) is 9.56. The summed E-state index contributed by atoms with van der Waals surface area (Å²) in [5.41, 5.74) is 11.6. The van der Waals surface area contributed by atoms with Crippen LogP contribution in [0.1, 0.15) is 45.2 Å². The van der Waals surface area contributed by atoms with Gasteiger partial charge in [-0.15, -0.1) is 0 Å². The Kier molecular flexibility index (Phi) is 6.49. The third kappa shape index (κ3) is 4.28. The van der Waals surface area contributed by atoms with Gasteiger partial charge in [0.1, 0.15) is 12.1 Å². The van der Waals surface area contributed by atoms with Crippen molar-refractivity contribution in [1.82, 2.24) is 19.1 Å². The van der Waals surface area contributed by atoms with E-state index in [1.54, 1.807) is 13.0 Å². The molecule has 2 aromatic heterocycles. The summed E-state index contributed by atoms with van der Waals surface area (Å²) in [4.78, 5) is 48.0. The van der Waals surface area contributed by atoms with Gasteiger partial charge in [0.25, 0.3) is 5.91 Å². The van der Waals surface area contributed by atoms with Crippen LogP contribution < -0.4 is 11.4 Å². The Morgan fingerprint density at radius 2 is 1.61 bits per heavy atom. The SMILES string of the molecule is CCOC(=O)Cn1c(=O)n(-c2ccc(C)c(C)c2)c2nc(-c3c(C)cc(C)cc3C)nc(C(N)=O)c21. The van der Waals surface area contributed by atoms with Crippen LogP contribution in [0, 0.1) is 34.6 Å². The molecule has 0 fully saturated rings. The van der Waals surface area contributed by atoms with Gasteiger partial charge in [-0.25, -0.2) is 19.3 Å². The molecule has 0 aliphatic rings. The lowest BCUT2D eigenvalue weighted by atomic mass is 9.99. The molecule has 0 saturated carbocycles. The minimum absolute atomic E-state index is 0.0879. The lowest BCUT2D eigenvalue weighted by molar-refractivity contribution is -0.143. The van der Waals surface area contributed by atoms with Crippen LogP contribution in [-0.2, 0) is 16.1 Å². The number of ether oxygens (including phenoxy) is 1. The van der Waals surface area contributed by atoms with E-state index >= 15 is 0 Å². The fraction of sp³-hybridized carbons (Fsp3) is 0.296. The summed E-state index contributed by atoms with van der Waals surface area (Å²) in [6.45, 7) is 11.2. The van der Waals surface area contributed by atoms with Gasteiger partial charge in [0, 0.05) is 5.56 Å². The molecule has 0 bridgehead atoms. The summed E-state index contributed by atoms with van der Waals surface area (Å²) in [6.07, 6.45) is 0. The van der Waals surface area contributed by atoms with Crippen molar-refractivity contribution in [2.24, 2.45) is 5.73 Å². The first-order valence-corrected chi connectivity index (χ1v) is 11.7. The number of hydrogen-bond acceptors (Lipinski definition) is 6. The van der Waals surface area contributed by atoms with Crippen LogP contribution in [0.3, 0.4) is 0 Å². The Labute approximate surface area is 208 Å². The highest BCUT2D eigenvalue weighted by Crippen LogP contribution is 2.29. The number of benzene rings is 2. The van der Waals surface area contributed by atoms with E-state index in [2.05, 4.69) is 4.98 Å². The number of rotatable bonds is 6. The molecule has 0 aliphatic heterocycles. The number of aryl methyl sites for hydroxylation is 5. The van der Waals surface area contributed by atoms with E-state index < -0.39 is 24.1 Å². The lowest BCUT2D eigenvalue weighted by Crippen LogP contribution is -2.28. The van der Waals surface area contributed by atoms with Crippen molar-refractivity contribution in [2.75, 3.05) is 6.61 Å². The zero-order valence-corrected chi connectivity index (χ0v) is 21.3. The van der Waals surface area contributed by atoms with Crippen molar-refractivity contribution in [2.45, 2.75) is 48.1 Å². The molecular weight excluding hydrogens is 458 g/mol. The molecule has 0 saturated heterocycles. The van der Waals surface area contributed by atoms with Gasteiger partial charge in [0.2, 0.25) is 0 Å². The molecule has 0 radical (unpaired) electrons. The standard InChI is InChI=1S/C27H29N5O4/c1-7-36-20(33)13-31-23-22(24(28)34)29-25(21-17(5)10-14(2)11-18(21)6)30-26(23)32(27(31)35)19-9-8-15(3)16(4)12-19/h8-12H,7,13H2,1-6H3,(H2,28,34). The lowest BCUT2D eigenvalue weighted by Gasteiger charge is -2.12. The van der Waals surface area contributed by atoms with Gasteiger partial charge in [-0.2, -0.15) is 0 Å². The maximum absolute atomic E-state index is 13.7. The van der Waals surface area contributed by atoms with E-state index in [4.69, 9.17) is 15.5 Å². The number of fused-ring (bicyclic) bond motifs is 1. The first-order valence-electron chi connectivity index (χ1n) is 11.7. The van der Waals surface area contributed by atoms with Crippen LogP contribution in [0.15, 0.2) is 35.1 Å². The van der Waals surface area contributed by atoms with E-state index in [-0.39, 0.29) is 29.3 Å². The highest BCUT2D eigenvalue weighted by molar-refractivity contribution is 6.02. The van der Waals surface area contributed by atoms with E-state index in [0.29, 0.717) is 5.69 Å². The number of amides is 1. The molecular formula is C27H29N5O4. The van der Waals surface area contributed by atoms with E-state index in [9.17, 15) is 14.4 Å². The number of hydrogen-bond donors (Lipinski definition) is 1. The molecule has 4 aromatic rings. The normalized spacial score (nSPS) is 11.2. The van der Waals surface area contributed by atoms with Gasteiger partial charge in [0.05, 0.1) is 12.3 Å². The van der Waals surface area contributed by atoms with Crippen LogP contribution in [0.5, 0.6) is 0 Å². The zero-order valence-electron chi connectivity index (χ0n) is 21.3. The summed E-state index contributed by atoms with van der Waals surface area (Å²) in [7, 11) is 0. The van der Waals surface area contributed by atoms with Crippen molar-refractivity contribution in [3.05, 3.63) is 74.3 Å². The van der Waals surface area contributed by atoms with Gasteiger partial charge < -0.3 is 10.5 Å². The van der Waals surface area contributed by atoms with Crippen LogP contribution in [0.25, 0.3) is 28.2 Å². The van der Waals surface area contributed by atoms with Crippen molar-refractivity contribution >= 4 is 23.0 Å². The van der Waals surface area contributed by atoms with Gasteiger partial charge in [-0.1, -0.05) is 23.8 Å². The van der Waals surface area contributed by atoms with Gasteiger partial charge in [-0.3, -0.25) is 14.2 Å². The summed E-state index contributed by atoms with van der Waals surface area (Å²) < 4.78 is 7.61. The first-order chi connectivity index (χ1) is 17.0. The van der Waals surface area contributed by atoms with Gasteiger partial charge in [-0.05, 0) is 75.9 Å². The van der Waals surface area contributed by atoms with Gasteiger partial charge in [0.15, 0.2) is 17.2 Å². The second-order valence-electron chi connectivity index (χ2n) is 8.98. The summed E-state index contributed by atoms with van der Waals surface area (Å²) >= 11 is 0. The van der Waals surface area contributed by atoms with E-state index in [1.807, 2.05) is 58.9 Å². The smallest absolute Gasteiger partial charge is 0.335 e. The Morgan fingerprint density at radius 1 is 0.944 bits per heavy atom. The molecule has 2 aromatic carbocycles. The molecule has 1 amide bonds. The van der Waals surface area contributed by atoms with Crippen molar-refractivity contribution in [3.63, 3.8) is 0 Å². The minimum Gasteiger partial charge on any atom is -0.465 e. The average molecular weight is 488 g/mol. The maximum atomic E-state index is 13.7. The highest BCUT2D eigenvalue weighted by Gasteiger charge is 2.26. The fourth-order valence-corrected chi connectivity index (χ4v) is 4.55. The summed E-state index contributed by atoms with van der Waals surface area (Å²) in [5, 5.41) is 0. The second-order valence-corrected chi connectivity index (χ2v) is 8.98. The first kappa shape index (κ1) is 24.8. The molecule has 0 spiro atoms. The topological polar surface area (TPSA) is 122 Å². The van der Waals surface area contributed by atoms with Crippen LogP contribution in [0.4, 0.5) is 0 Å². The van der Waals surface area contributed by atoms with Crippen molar-refractivity contribution in [3.8, 4) is 17.1 Å². The number of esters is 1. The fourth-order valence-electron chi connectivity index (χ4n) is 4.55. The Balaban J connectivity index is 2.14. The Bertz CT molecular complexity index is 1570. The number of imidazole rings is 1. The number of aromatic nitrogens is 4. The number of nitrogens with two attached hydrogens (primary N) is 1. The third-order valence-corrected chi connectivity index (χ3v) is 6.24. The molecule has 0 aliphatic carbocycles. The predicted molar refractivity (Wildman–Crippen MR) is 137 cm³/mol. The molecule has 2 N–H and O–H groups in total. The number of carbonyl (C=O) groups excluding carboxylic acids is 2. The summed E-state index contributed by atoms with van der Waals surface area (Å²) in [5.74, 6) is -1.18. The largest absolute Gasteiger partial charge is 0.465 e. The number of nitrogens with zero attached hydrogens (tertiary/aromatic N) is 4. The highest BCUT2D eigenvalue weighted by atomic mass is 16.5. The number of primary amides is 1. The second kappa shape index (κ2) is 9.41. The maximum Gasteiger partial charge on any atom is 0.335 e. The van der Waals surface area contributed by atoms with Crippen molar-refractivity contribution < 1.29 is 14.3 Å². The molecule has 36 heavy (non-hydrogen) atoms. The number of carbonyl (C=O) groups is 2. The molecule has 9 heteroatoms. The molecule has 9 nitrogen and oxygen atoms in total. The van der Waals surface area contributed by atoms with Crippen molar-refractivity contribution in [1.29, 1.82) is 0 Å². The minimum atomic E-state index is -0.832. The Morgan fingerprint density at radius 3 is 2.19 bits per heavy atom. The monoisotopic (exact) mass is 487 g/mol. The molecule has 4 rings (SSSR count). The Hall–Kier alpha value is -4.27. The van der Waals surface area contributed by atoms with Gasteiger partial charge >= 0.3 is 11.7 Å². The zero-order chi connectivity index (χ0) is 26.3. The van der Waals surface area contributed by atoms with Crippen LogP contribution in [-0.4, -0.2) is 37.6 Å². The third-order valence-electron chi connectivity index (χ3n) is 6.24. The van der Waals surface area contributed by atoms with Crippen LogP contribution >= 0.6 is 0 Å². The molecule has 186 valence electrons. The van der Waals surface area contributed by atoms with E-state index in [0.717, 1.165) is 37.9 Å². The average Bonchev–Trinajstić information content (AvgIpc) is 3.05. The molecule has 2 heterocycles. The van der Waals surface area contributed by atoms with Crippen LogP contribution in [0.2, 0.25) is 0 Å². The van der Waals surface area contributed by atoms with E-state index in [1.165, 1.54) is 4.57 Å². The quantitative estimate of drug-likeness (QED) is 0.416. The molecule has 0 atom stereocenters.